The van der Waals surface area contributed by atoms with Gasteiger partial charge >= 0.3 is 0 Å². The summed E-state index contributed by atoms with van der Waals surface area (Å²) in [5.41, 5.74) is 2.32. The minimum Gasteiger partial charge on any atom is -0.481 e. The van der Waals surface area contributed by atoms with Gasteiger partial charge in [-0.2, -0.15) is 0 Å². The summed E-state index contributed by atoms with van der Waals surface area (Å²) in [6.07, 6.45) is 4.34. The van der Waals surface area contributed by atoms with E-state index >= 15 is 0 Å². The number of fused-ring (bicyclic) bond motifs is 1. The summed E-state index contributed by atoms with van der Waals surface area (Å²) in [5, 5.41) is 2.93. The normalized spacial score (nSPS) is 17.2. The van der Waals surface area contributed by atoms with Gasteiger partial charge in [0.2, 0.25) is 11.8 Å². The molecule has 0 saturated heterocycles. The van der Waals surface area contributed by atoms with Gasteiger partial charge in [0.05, 0.1) is 13.7 Å². The number of amides is 1. The van der Waals surface area contributed by atoms with Crippen molar-refractivity contribution in [1.82, 2.24) is 19.8 Å². The molecule has 1 aliphatic rings. The van der Waals surface area contributed by atoms with E-state index in [0.29, 0.717) is 25.5 Å². The Kier molecular flexibility index (Phi) is 6.84. The van der Waals surface area contributed by atoms with Crippen molar-refractivity contribution in [2.24, 2.45) is 5.92 Å². The first kappa shape index (κ1) is 19.4. The number of nitrogens with zero attached hydrogens (tertiary/aromatic N) is 3. The van der Waals surface area contributed by atoms with Gasteiger partial charge in [-0.15, -0.1) is 0 Å². The summed E-state index contributed by atoms with van der Waals surface area (Å²) in [4.78, 5) is 19.0. The van der Waals surface area contributed by atoms with Gasteiger partial charge < -0.3 is 19.4 Å². The number of rotatable bonds is 8. The van der Waals surface area contributed by atoms with Crippen LogP contribution in [-0.2, 0) is 29.2 Å². The number of methoxy groups -OCH3 is 2. The van der Waals surface area contributed by atoms with Crippen LogP contribution < -0.4 is 10.1 Å². The lowest BCUT2D eigenvalue weighted by Crippen LogP contribution is -2.33. The van der Waals surface area contributed by atoms with E-state index < -0.39 is 0 Å². The number of aromatic nitrogens is 2. The molecule has 3 heterocycles. The molecule has 27 heavy (non-hydrogen) atoms. The van der Waals surface area contributed by atoms with Crippen molar-refractivity contribution in [1.29, 1.82) is 0 Å². The van der Waals surface area contributed by atoms with E-state index in [1.54, 1.807) is 20.4 Å². The maximum absolute atomic E-state index is 12.3. The molecule has 0 bridgehead atoms. The molecule has 2 aromatic rings. The highest BCUT2D eigenvalue weighted by Gasteiger charge is 2.24. The molecule has 1 N–H and O–H groups in total. The molecule has 1 aliphatic heterocycles. The van der Waals surface area contributed by atoms with E-state index in [2.05, 4.69) is 38.1 Å². The van der Waals surface area contributed by atoms with Gasteiger partial charge in [0.1, 0.15) is 0 Å². The molecule has 7 heteroatoms. The Labute approximate surface area is 160 Å². The van der Waals surface area contributed by atoms with E-state index in [0.717, 1.165) is 31.7 Å². The summed E-state index contributed by atoms with van der Waals surface area (Å²) in [6.45, 7) is 4.35. The third kappa shape index (κ3) is 5.30. The van der Waals surface area contributed by atoms with Crippen LogP contribution in [0, 0.1) is 5.92 Å². The Hall–Kier alpha value is -2.38. The number of hydrogen-bond donors (Lipinski definition) is 1. The predicted octanol–water partition coefficient (Wildman–Crippen LogP) is 1.68. The van der Waals surface area contributed by atoms with E-state index in [1.807, 2.05) is 12.1 Å². The standard InChI is InChI=1S/C20H28N4O3/c1-26-10-8-21-19(25)11-16-12-23(15-18-6-4-9-24(18)13-16)14-17-5-3-7-22-20(17)27-2/h3-7,9,16H,8,10-15H2,1-2H3,(H,21,25)/t16-/m1/s1. The molecule has 146 valence electrons. The smallest absolute Gasteiger partial charge is 0.220 e. The zero-order valence-electron chi connectivity index (χ0n) is 16.1. The maximum atomic E-state index is 12.3. The van der Waals surface area contributed by atoms with Crippen molar-refractivity contribution < 1.29 is 14.3 Å². The van der Waals surface area contributed by atoms with Gasteiger partial charge in [-0.1, -0.05) is 6.07 Å². The van der Waals surface area contributed by atoms with Crippen LogP contribution in [0.15, 0.2) is 36.7 Å². The first-order valence-electron chi connectivity index (χ1n) is 9.29. The van der Waals surface area contributed by atoms with E-state index in [9.17, 15) is 4.79 Å². The van der Waals surface area contributed by atoms with Crippen LogP contribution in [0.25, 0.3) is 0 Å². The van der Waals surface area contributed by atoms with Crippen molar-refractivity contribution in [2.75, 3.05) is 33.9 Å². The highest BCUT2D eigenvalue weighted by atomic mass is 16.5. The summed E-state index contributed by atoms with van der Waals surface area (Å²) in [7, 11) is 3.28. The zero-order valence-corrected chi connectivity index (χ0v) is 16.1. The largest absolute Gasteiger partial charge is 0.481 e. The number of carbonyl (C=O) groups is 1. The second-order valence-electron chi connectivity index (χ2n) is 6.91. The van der Waals surface area contributed by atoms with Crippen LogP contribution in [-0.4, -0.2) is 54.3 Å². The summed E-state index contributed by atoms with van der Waals surface area (Å²) in [6, 6.07) is 8.19. The number of hydrogen-bond acceptors (Lipinski definition) is 5. The first-order valence-corrected chi connectivity index (χ1v) is 9.29. The fourth-order valence-corrected chi connectivity index (χ4v) is 3.61. The quantitative estimate of drug-likeness (QED) is 0.714. The Morgan fingerprint density at radius 3 is 3.00 bits per heavy atom. The Bertz CT molecular complexity index is 746. The van der Waals surface area contributed by atoms with Crippen LogP contribution in [0.3, 0.4) is 0 Å². The lowest BCUT2D eigenvalue weighted by atomic mass is 10.0. The molecule has 0 aromatic carbocycles. The molecule has 0 aliphatic carbocycles. The Morgan fingerprint density at radius 1 is 1.30 bits per heavy atom. The Morgan fingerprint density at radius 2 is 2.19 bits per heavy atom. The number of ether oxygens (including phenoxy) is 2. The summed E-state index contributed by atoms with van der Waals surface area (Å²) >= 11 is 0. The van der Waals surface area contributed by atoms with E-state index in [1.165, 1.54) is 5.69 Å². The van der Waals surface area contributed by atoms with Gasteiger partial charge in [-0.25, -0.2) is 4.98 Å². The van der Waals surface area contributed by atoms with Crippen molar-refractivity contribution in [2.45, 2.75) is 26.1 Å². The van der Waals surface area contributed by atoms with Gasteiger partial charge in [-0.05, 0) is 24.1 Å². The fourth-order valence-electron chi connectivity index (χ4n) is 3.61. The third-order valence-corrected chi connectivity index (χ3v) is 4.82. The monoisotopic (exact) mass is 372 g/mol. The average molecular weight is 372 g/mol. The molecule has 1 amide bonds. The van der Waals surface area contributed by atoms with Crippen LogP contribution >= 0.6 is 0 Å². The van der Waals surface area contributed by atoms with Crippen molar-refractivity contribution in [3.63, 3.8) is 0 Å². The molecule has 3 rings (SSSR count). The molecular formula is C20H28N4O3. The molecule has 0 spiro atoms. The first-order chi connectivity index (χ1) is 13.2. The van der Waals surface area contributed by atoms with Crippen LogP contribution in [0.4, 0.5) is 0 Å². The highest BCUT2D eigenvalue weighted by Crippen LogP contribution is 2.23. The van der Waals surface area contributed by atoms with Crippen LogP contribution in [0.5, 0.6) is 5.88 Å². The van der Waals surface area contributed by atoms with E-state index in [-0.39, 0.29) is 11.8 Å². The molecule has 0 radical (unpaired) electrons. The minimum atomic E-state index is 0.0755. The fraction of sp³-hybridized carbons (Fsp3) is 0.500. The topological polar surface area (TPSA) is 68.6 Å². The molecule has 0 saturated carbocycles. The lowest BCUT2D eigenvalue weighted by molar-refractivity contribution is -0.122. The average Bonchev–Trinajstić information content (AvgIpc) is 3.02. The molecule has 2 aromatic heterocycles. The maximum Gasteiger partial charge on any atom is 0.220 e. The summed E-state index contributed by atoms with van der Waals surface area (Å²) in [5.74, 6) is 0.974. The zero-order chi connectivity index (χ0) is 19.1. The lowest BCUT2D eigenvalue weighted by Gasteiger charge is -2.24. The second kappa shape index (κ2) is 9.53. The van der Waals surface area contributed by atoms with Gasteiger partial charge in [-0.3, -0.25) is 9.69 Å². The number of pyridine rings is 1. The van der Waals surface area contributed by atoms with Crippen LogP contribution in [0.1, 0.15) is 17.7 Å². The molecule has 1 atom stereocenters. The van der Waals surface area contributed by atoms with E-state index in [4.69, 9.17) is 9.47 Å². The second-order valence-corrected chi connectivity index (χ2v) is 6.91. The SMILES string of the molecule is COCCNC(=O)C[C@@H]1CN(Cc2cccnc2OC)Cc2cccn2C1. The van der Waals surface area contributed by atoms with Crippen LogP contribution in [0.2, 0.25) is 0 Å². The Balaban J connectivity index is 1.70. The van der Waals surface area contributed by atoms with Crippen molar-refractivity contribution in [3.05, 3.63) is 47.9 Å². The number of carbonyl (C=O) groups excluding carboxylic acids is 1. The minimum absolute atomic E-state index is 0.0755. The number of nitrogens with one attached hydrogen (secondary N) is 1. The molecule has 0 fully saturated rings. The van der Waals surface area contributed by atoms with Crippen molar-refractivity contribution >= 4 is 5.91 Å². The molecular weight excluding hydrogens is 344 g/mol. The van der Waals surface area contributed by atoms with Crippen molar-refractivity contribution in [3.8, 4) is 5.88 Å². The van der Waals surface area contributed by atoms with Gasteiger partial charge in [0.25, 0.3) is 0 Å². The molecule has 0 unspecified atom stereocenters. The highest BCUT2D eigenvalue weighted by molar-refractivity contribution is 5.76. The summed E-state index contributed by atoms with van der Waals surface area (Å²) < 4.78 is 12.7. The predicted molar refractivity (Wildman–Crippen MR) is 102 cm³/mol. The van der Waals surface area contributed by atoms with Gasteiger partial charge in [0, 0.05) is 69.9 Å². The van der Waals surface area contributed by atoms with Gasteiger partial charge in [0.15, 0.2) is 0 Å². The third-order valence-electron chi connectivity index (χ3n) is 4.82. The molecule has 7 nitrogen and oxygen atoms in total.